The molecule has 1 aliphatic rings. The van der Waals surface area contributed by atoms with E-state index in [-0.39, 0.29) is 29.9 Å². The molecule has 2 N–H and O–H groups in total. The zero-order valence-corrected chi connectivity index (χ0v) is 13.2. The first kappa shape index (κ1) is 15.9. The minimum absolute atomic E-state index is 0. The summed E-state index contributed by atoms with van der Waals surface area (Å²) >= 11 is 1.37. The first-order valence-electron chi connectivity index (χ1n) is 6.60. The van der Waals surface area contributed by atoms with Gasteiger partial charge in [0.1, 0.15) is 10.5 Å². The summed E-state index contributed by atoms with van der Waals surface area (Å²) in [5.41, 5.74) is 0.549. The Morgan fingerprint density at radius 2 is 2.38 bits per heavy atom. The van der Waals surface area contributed by atoms with E-state index in [1.165, 1.54) is 11.3 Å². The third-order valence-electron chi connectivity index (χ3n) is 3.49. The van der Waals surface area contributed by atoms with Crippen LogP contribution in [0.25, 0.3) is 10.2 Å². The summed E-state index contributed by atoms with van der Waals surface area (Å²) in [7, 11) is 1.74. The quantitative estimate of drug-likeness (QED) is 0.885. The van der Waals surface area contributed by atoms with E-state index in [1.807, 2.05) is 11.4 Å². The Bertz CT molecular complexity index is 693. The second kappa shape index (κ2) is 6.55. The molecule has 1 fully saturated rings. The number of nitrogens with zero attached hydrogens (tertiary/aromatic N) is 2. The molecule has 1 amide bonds. The van der Waals surface area contributed by atoms with Crippen LogP contribution in [-0.2, 0) is 11.3 Å². The fourth-order valence-corrected chi connectivity index (χ4v) is 3.19. The molecule has 0 radical (unpaired) electrons. The van der Waals surface area contributed by atoms with Crippen LogP contribution in [0.2, 0.25) is 0 Å². The van der Waals surface area contributed by atoms with Gasteiger partial charge in [0.2, 0.25) is 5.91 Å². The van der Waals surface area contributed by atoms with Gasteiger partial charge in [-0.3, -0.25) is 9.59 Å². The predicted octanol–water partition coefficient (Wildman–Crippen LogP) is 1.12. The lowest BCUT2D eigenvalue weighted by molar-refractivity contribution is -0.132. The molecule has 0 spiro atoms. The molecule has 6 nitrogen and oxygen atoms in total. The number of thiophene rings is 1. The van der Waals surface area contributed by atoms with E-state index >= 15 is 0 Å². The van der Waals surface area contributed by atoms with Crippen molar-refractivity contribution < 1.29 is 4.79 Å². The van der Waals surface area contributed by atoms with Gasteiger partial charge in [-0.15, -0.1) is 23.7 Å². The number of rotatable bonds is 3. The van der Waals surface area contributed by atoms with Gasteiger partial charge in [0.15, 0.2) is 0 Å². The molecular formula is C13H17ClN4O2S. The van der Waals surface area contributed by atoms with E-state index in [0.29, 0.717) is 22.6 Å². The molecule has 1 saturated heterocycles. The molecule has 2 aromatic heterocycles. The third-order valence-corrected chi connectivity index (χ3v) is 4.39. The molecule has 3 heterocycles. The molecule has 21 heavy (non-hydrogen) atoms. The number of aromatic amines is 1. The lowest BCUT2D eigenvalue weighted by Crippen LogP contribution is -2.41. The van der Waals surface area contributed by atoms with Crippen LogP contribution in [-0.4, -0.2) is 40.4 Å². The van der Waals surface area contributed by atoms with Gasteiger partial charge in [0, 0.05) is 7.05 Å². The summed E-state index contributed by atoms with van der Waals surface area (Å²) in [6.07, 6.45) is 1.90. The first-order valence-corrected chi connectivity index (χ1v) is 7.48. The van der Waals surface area contributed by atoms with Gasteiger partial charge < -0.3 is 15.2 Å². The Morgan fingerprint density at radius 1 is 1.57 bits per heavy atom. The van der Waals surface area contributed by atoms with E-state index in [9.17, 15) is 9.59 Å². The standard InChI is InChI=1S/C13H16N4O2S.ClH/c1-17(13(19)9-3-2-5-14-9)7-10-15-8-4-6-20-11(8)12(18)16-10;/h4,6,9,14H,2-3,5,7H2,1H3,(H,15,16,18);1H. The van der Waals surface area contributed by atoms with Crippen LogP contribution in [0.4, 0.5) is 0 Å². The molecule has 3 rings (SSSR count). The first-order chi connectivity index (χ1) is 9.65. The van der Waals surface area contributed by atoms with Crippen LogP contribution in [0.15, 0.2) is 16.2 Å². The van der Waals surface area contributed by atoms with Gasteiger partial charge in [-0.1, -0.05) is 0 Å². The molecule has 8 heteroatoms. The van der Waals surface area contributed by atoms with Crippen LogP contribution in [0.3, 0.4) is 0 Å². The Morgan fingerprint density at radius 3 is 3.10 bits per heavy atom. The van der Waals surface area contributed by atoms with E-state index in [0.717, 1.165) is 19.4 Å². The minimum Gasteiger partial charge on any atom is -0.337 e. The monoisotopic (exact) mass is 328 g/mol. The smallest absolute Gasteiger partial charge is 0.268 e. The van der Waals surface area contributed by atoms with Gasteiger partial charge in [0.25, 0.3) is 5.56 Å². The number of amides is 1. The summed E-state index contributed by atoms with van der Waals surface area (Å²) in [6, 6.07) is 1.72. The molecule has 0 aliphatic carbocycles. The van der Waals surface area contributed by atoms with Crippen LogP contribution in [0, 0.1) is 0 Å². The molecule has 0 saturated carbocycles. The number of fused-ring (bicyclic) bond motifs is 1. The van der Waals surface area contributed by atoms with Crippen molar-refractivity contribution >= 4 is 39.9 Å². The number of carbonyl (C=O) groups excluding carboxylic acids is 1. The lowest BCUT2D eigenvalue weighted by Gasteiger charge is -2.20. The number of likely N-dealkylation sites (N-methyl/N-ethyl adjacent to an activating group) is 1. The normalized spacial score (nSPS) is 17.7. The van der Waals surface area contributed by atoms with Crippen molar-refractivity contribution in [3.8, 4) is 0 Å². The highest BCUT2D eigenvalue weighted by atomic mass is 35.5. The van der Waals surface area contributed by atoms with Gasteiger partial charge in [-0.05, 0) is 30.8 Å². The van der Waals surface area contributed by atoms with Gasteiger partial charge in [-0.2, -0.15) is 0 Å². The Kier molecular flexibility index (Phi) is 4.97. The Balaban J connectivity index is 0.00000161. The fourth-order valence-electron chi connectivity index (χ4n) is 2.46. The number of hydrogen-bond acceptors (Lipinski definition) is 5. The fraction of sp³-hybridized carbons (Fsp3) is 0.462. The van der Waals surface area contributed by atoms with Crippen molar-refractivity contribution in [3.63, 3.8) is 0 Å². The maximum atomic E-state index is 12.2. The third kappa shape index (κ3) is 3.25. The maximum Gasteiger partial charge on any atom is 0.268 e. The SMILES string of the molecule is CN(Cc1nc2ccsc2c(=O)[nH]1)C(=O)C1CCCN1.Cl. The van der Waals surface area contributed by atoms with Gasteiger partial charge in [-0.25, -0.2) is 4.98 Å². The van der Waals surface area contributed by atoms with Crippen molar-refractivity contribution in [2.45, 2.75) is 25.4 Å². The molecule has 1 aliphatic heterocycles. The highest BCUT2D eigenvalue weighted by molar-refractivity contribution is 7.17. The number of carbonyl (C=O) groups is 1. The van der Waals surface area contributed by atoms with Crippen molar-refractivity contribution in [1.29, 1.82) is 0 Å². The molecule has 0 bridgehead atoms. The molecule has 0 aromatic carbocycles. The number of H-pyrrole nitrogens is 1. The maximum absolute atomic E-state index is 12.2. The molecule has 1 unspecified atom stereocenters. The second-order valence-electron chi connectivity index (χ2n) is 4.99. The number of nitrogens with one attached hydrogen (secondary N) is 2. The van der Waals surface area contributed by atoms with Crippen LogP contribution < -0.4 is 10.9 Å². The average molecular weight is 329 g/mol. The van der Waals surface area contributed by atoms with Gasteiger partial charge >= 0.3 is 0 Å². The Hall–Kier alpha value is -1.44. The van der Waals surface area contributed by atoms with Crippen LogP contribution in [0.5, 0.6) is 0 Å². The summed E-state index contributed by atoms with van der Waals surface area (Å²) in [6.45, 7) is 1.21. The number of halogens is 1. The largest absolute Gasteiger partial charge is 0.337 e. The van der Waals surface area contributed by atoms with E-state index in [4.69, 9.17) is 0 Å². The minimum atomic E-state index is -0.139. The average Bonchev–Trinajstić information content (AvgIpc) is 3.08. The molecule has 2 aromatic rings. The number of hydrogen-bond donors (Lipinski definition) is 2. The van der Waals surface area contributed by atoms with Crippen molar-refractivity contribution in [1.82, 2.24) is 20.2 Å². The molecular weight excluding hydrogens is 312 g/mol. The predicted molar refractivity (Wildman–Crippen MR) is 85.0 cm³/mol. The van der Waals surface area contributed by atoms with Crippen LogP contribution >= 0.6 is 23.7 Å². The Labute approximate surface area is 132 Å². The van der Waals surface area contributed by atoms with E-state index in [2.05, 4.69) is 15.3 Å². The van der Waals surface area contributed by atoms with Crippen molar-refractivity contribution in [2.75, 3.05) is 13.6 Å². The zero-order valence-electron chi connectivity index (χ0n) is 11.6. The lowest BCUT2D eigenvalue weighted by atomic mass is 10.2. The van der Waals surface area contributed by atoms with E-state index < -0.39 is 0 Å². The topological polar surface area (TPSA) is 78.1 Å². The number of aromatic nitrogens is 2. The second-order valence-corrected chi connectivity index (χ2v) is 5.91. The summed E-state index contributed by atoms with van der Waals surface area (Å²) in [4.78, 5) is 32.8. The highest BCUT2D eigenvalue weighted by Gasteiger charge is 2.25. The van der Waals surface area contributed by atoms with Crippen LogP contribution in [0.1, 0.15) is 18.7 Å². The highest BCUT2D eigenvalue weighted by Crippen LogP contribution is 2.14. The van der Waals surface area contributed by atoms with Gasteiger partial charge in [0.05, 0.1) is 18.1 Å². The summed E-state index contributed by atoms with van der Waals surface area (Å²) in [5, 5.41) is 5.02. The summed E-state index contributed by atoms with van der Waals surface area (Å²) in [5.74, 6) is 0.574. The van der Waals surface area contributed by atoms with Crippen molar-refractivity contribution in [3.05, 3.63) is 27.6 Å². The van der Waals surface area contributed by atoms with E-state index in [1.54, 1.807) is 11.9 Å². The summed E-state index contributed by atoms with van der Waals surface area (Å²) < 4.78 is 0.625. The molecule has 114 valence electrons. The molecule has 1 atom stereocenters. The zero-order chi connectivity index (χ0) is 14.1. The van der Waals surface area contributed by atoms with Crippen molar-refractivity contribution in [2.24, 2.45) is 0 Å².